The number of rotatable bonds is 6. The summed E-state index contributed by atoms with van der Waals surface area (Å²) in [7, 11) is 0. The summed E-state index contributed by atoms with van der Waals surface area (Å²) in [6.45, 7) is 10.0. The standard InChI is InChI=1S/C15H25FN2/c1-5-12(4)18(6-2)15(10-17)14-8-7-13(16)9-11(14)3/h7-9,12,15H,5-6,10,17H2,1-4H3. The fourth-order valence-electron chi connectivity index (χ4n) is 2.53. The predicted molar refractivity (Wildman–Crippen MR) is 75.1 cm³/mol. The van der Waals surface area contributed by atoms with Crippen LogP contribution < -0.4 is 5.73 Å². The van der Waals surface area contributed by atoms with Crippen molar-refractivity contribution >= 4 is 0 Å². The van der Waals surface area contributed by atoms with Gasteiger partial charge >= 0.3 is 0 Å². The summed E-state index contributed by atoms with van der Waals surface area (Å²) in [4.78, 5) is 2.39. The summed E-state index contributed by atoms with van der Waals surface area (Å²) in [5, 5.41) is 0. The molecule has 2 nitrogen and oxygen atoms in total. The van der Waals surface area contributed by atoms with Crippen molar-refractivity contribution < 1.29 is 4.39 Å². The van der Waals surface area contributed by atoms with Crippen molar-refractivity contribution in [2.45, 2.75) is 46.2 Å². The minimum absolute atomic E-state index is 0.172. The van der Waals surface area contributed by atoms with Crippen molar-refractivity contribution in [1.82, 2.24) is 4.90 Å². The van der Waals surface area contributed by atoms with E-state index in [-0.39, 0.29) is 11.9 Å². The van der Waals surface area contributed by atoms with Crippen LogP contribution in [0.5, 0.6) is 0 Å². The molecule has 0 amide bonds. The number of nitrogens with zero attached hydrogens (tertiary/aromatic N) is 1. The topological polar surface area (TPSA) is 29.3 Å². The Labute approximate surface area is 110 Å². The van der Waals surface area contributed by atoms with Crippen LogP contribution in [0.3, 0.4) is 0 Å². The summed E-state index contributed by atoms with van der Waals surface area (Å²) < 4.78 is 13.2. The zero-order chi connectivity index (χ0) is 13.7. The molecule has 18 heavy (non-hydrogen) atoms. The Morgan fingerprint density at radius 1 is 1.33 bits per heavy atom. The number of halogens is 1. The normalized spacial score (nSPS) is 14.8. The Balaban J connectivity index is 3.07. The van der Waals surface area contributed by atoms with Crippen molar-refractivity contribution in [2.24, 2.45) is 5.73 Å². The minimum atomic E-state index is -0.182. The molecule has 1 aromatic rings. The van der Waals surface area contributed by atoms with Crippen molar-refractivity contribution in [3.05, 3.63) is 35.1 Å². The first-order valence-electron chi connectivity index (χ1n) is 6.76. The Hall–Kier alpha value is -0.930. The van der Waals surface area contributed by atoms with Gasteiger partial charge < -0.3 is 5.73 Å². The lowest BCUT2D eigenvalue weighted by Crippen LogP contribution is -2.40. The molecule has 2 atom stereocenters. The number of benzene rings is 1. The van der Waals surface area contributed by atoms with E-state index in [9.17, 15) is 4.39 Å². The second-order valence-corrected chi connectivity index (χ2v) is 4.84. The molecule has 1 aromatic carbocycles. The molecule has 0 radical (unpaired) electrons. The molecule has 2 unspecified atom stereocenters. The first kappa shape index (κ1) is 15.1. The van der Waals surface area contributed by atoms with E-state index in [2.05, 4.69) is 25.7 Å². The lowest BCUT2D eigenvalue weighted by molar-refractivity contribution is 0.151. The van der Waals surface area contributed by atoms with Crippen LogP contribution >= 0.6 is 0 Å². The smallest absolute Gasteiger partial charge is 0.123 e. The summed E-state index contributed by atoms with van der Waals surface area (Å²) in [5.74, 6) is -0.182. The van der Waals surface area contributed by atoms with Gasteiger partial charge in [0.15, 0.2) is 0 Å². The lowest BCUT2D eigenvalue weighted by atomic mass is 9.98. The SMILES string of the molecule is CCC(C)N(CC)C(CN)c1ccc(F)cc1C. The van der Waals surface area contributed by atoms with E-state index in [1.54, 1.807) is 6.07 Å². The van der Waals surface area contributed by atoms with Crippen molar-refractivity contribution in [1.29, 1.82) is 0 Å². The van der Waals surface area contributed by atoms with Crippen LogP contribution in [0.1, 0.15) is 44.4 Å². The molecule has 0 spiro atoms. The highest BCUT2D eigenvalue weighted by Crippen LogP contribution is 2.26. The lowest BCUT2D eigenvalue weighted by Gasteiger charge is -2.35. The first-order valence-corrected chi connectivity index (χ1v) is 6.76. The van der Waals surface area contributed by atoms with Gasteiger partial charge in [0.1, 0.15) is 5.82 Å². The maximum absolute atomic E-state index is 13.2. The minimum Gasteiger partial charge on any atom is -0.329 e. The van der Waals surface area contributed by atoms with Gasteiger partial charge in [0.2, 0.25) is 0 Å². The number of likely N-dealkylation sites (N-methyl/N-ethyl adjacent to an activating group) is 1. The van der Waals surface area contributed by atoms with Crippen LogP contribution in [0, 0.1) is 12.7 Å². The number of hydrogen-bond acceptors (Lipinski definition) is 2. The monoisotopic (exact) mass is 252 g/mol. The molecule has 0 saturated carbocycles. The molecule has 0 aromatic heterocycles. The van der Waals surface area contributed by atoms with Gasteiger partial charge in [0, 0.05) is 18.6 Å². The van der Waals surface area contributed by atoms with Gasteiger partial charge in [-0.05, 0) is 50.1 Å². The summed E-state index contributed by atoms with van der Waals surface area (Å²) in [6, 6.07) is 5.63. The number of nitrogens with two attached hydrogens (primary N) is 1. The third-order valence-electron chi connectivity index (χ3n) is 3.74. The maximum atomic E-state index is 13.2. The molecule has 0 bridgehead atoms. The van der Waals surface area contributed by atoms with E-state index in [4.69, 9.17) is 5.73 Å². The highest BCUT2D eigenvalue weighted by Gasteiger charge is 2.22. The zero-order valence-electron chi connectivity index (χ0n) is 11.9. The third-order valence-corrected chi connectivity index (χ3v) is 3.74. The summed E-state index contributed by atoms with van der Waals surface area (Å²) >= 11 is 0. The first-order chi connectivity index (χ1) is 8.54. The second-order valence-electron chi connectivity index (χ2n) is 4.84. The van der Waals surface area contributed by atoms with Gasteiger partial charge in [-0.25, -0.2) is 4.39 Å². The van der Waals surface area contributed by atoms with Gasteiger partial charge in [0.05, 0.1) is 0 Å². The molecule has 0 saturated heterocycles. The van der Waals surface area contributed by atoms with Crippen LogP contribution in [0.25, 0.3) is 0 Å². The second kappa shape index (κ2) is 6.86. The molecular formula is C15H25FN2. The highest BCUT2D eigenvalue weighted by molar-refractivity contribution is 5.30. The molecule has 0 aliphatic heterocycles. The van der Waals surface area contributed by atoms with Crippen LogP contribution in [0.4, 0.5) is 4.39 Å². The Morgan fingerprint density at radius 2 is 2.00 bits per heavy atom. The quantitative estimate of drug-likeness (QED) is 0.842. The fourth-order valence-corrected chi connectivity index (χ4v) is 2.53. The molecule has 0 aliphatic rings. The average molecular weight is 252 g/mol. The van der Waals surface area contributed by atoms with E-state index >= 15 is 0 Å². The van der Waals surface area contributed by atoms with Gasteiger partial charge in [-0.2, -0.15) is 0 Å². The molecule has 0 aliphatic carbocycles. The molecular weight excluding hydrogens is 227 g/mol. The highest BCUT2D eigenvalue weighted by atomic mass is 19.1. The average Bonchev–Trinajstić information content (AvgIpc) is 2.36. The van der Waals surface area contributed by atoms with Crippen LogP contribution in [0.15, 0.2) is 18.2 Å². The van der Waals surface area contributed by atoms with Crippen LogP contribution in [-0.4, -0.2) is 24.0 Å². The summed E-state index contributed by atoms with van der Waals surface area (Å²) in [6.07, 6.45) is 1.09. The van der Waals surface area contributed by atoms with Gasteiger partial charge in [-0.1, -0.05) is 19.9 Å². The molecule has 1 rings (SSSR count). The molecule has 2 N–H and O–H groups in total. The number of aryl methyl sites for hydroxylation is 1. The Kier molecular flexibility index (Phi) is 5.76. The van der Waals surface area contributed by atoms with Gasteiger partial charge in [-0.3, -0.25) is 4.90 Å². The molecule has 0 heterocycles. The van der Waals surface area contributed by atoms with E-state index in [1.807, 2.05) is 13.0 Å². The van der Waals surface area contributed by atoms with Crippen molar-refractivity contribution in [3.8, 4) is 0 Å². The third kappa shape index (κ3) is 3.30. The van der Waals surface area contributed by atoms with E-state index in [1.165, 1.54) is 6.07 Å². The molecule has 0 fully saturated rings. The van der Waals surface area contributed by atoms with Gasteiger partial charge in [-0.15, -0.1) is 0 Å². The van der Waals surface area contributed by atoms with Gasteiger partial charge in [0.25, 0.3) is 0 Å². The van der Waals surface area contributed by atoms with Crippen molar-refractivity contribution in [2.75, 3.05) is 13.1 Å². The largest absolute Gasteiger partial charge is 0.329 e. The Bertz CT molecular complexity index is 379. The van der Waals surface area contributed by atoms with E-state index in [0.29, 0.717) is 12.6 Å². The maximum Gasteiger partial charge on any atom is 0.123 e. The molecule has 3 heteroatoms. The number of hydrogen-bond donors (Lipinski definition) is 1. The summed E-state index contributed by atoms with van der Waals surface area (Å²) in [5.41, 5.74) is 8.06. The fraction of sp³-hybridized carbons (Fsp3) is 0.600. The zero-order valence-corrected chi connectivity index (χ0v) is 11.9. The van der Waals surface area contributed by atoms with Crippen LogP contribution in [0.2, 0.25) is 0 Å². The van der Waals surface area contributed by atoms with E-state index in [0.717, 1.165) is 24.1 Å². The predicted octanol–water partition coefficient (Wildman–Crippen LogP) is 3.25. The van der Waals surface area contributed by atoms with Crippen molar-refractivity contribution in [3.63, 3.8) is 0 Å². The van der Waals surface area contributed by atoms with E-state index < -0.39 is 0 Å². The molecule has 102 valence electrons. The Morgan fingerprint density at radius 3 is 2.44 bits per heavy atom. The van der Waals surface area contributed by atoms with Crippen LogP contribution in [-0.2, 0) is 0 Å².